The first kappa shape index (κ1) is 23.3. The number of sulfonamides is 1. The van der Waals surface area contributed by atoms with E-state index in [4.69, 9.17) is 4.74 Å². The number of nitrogens with one attached hydrogen (secondary N) is 4. The lowest BCUT2D eigenvalue weighted by Crippen LogP contribution is -2.41. The normalized spacial score (nSPS) is 11.6. The number of aromatic nitrogens is 1. The van der Waals surface area contributed by atoms with Crippen LogP contribution >= 0.6 is 0 Å². The first-order valence-corrected chi connectivity index (χ1v) is 11.0. The van der Waals surface area contributed by atoms with Gasteiger partial charge in [-0.25, -0.2) is 17.9 Å². The van der Waals surface area contributed by atoms with Gasteiger partial charge in [0, 0.05) is 19.4 Å². The van der Waals surface area contributed by atoms with Gasteiger partial charge in [0.25, 0.3) is 10.0 Å². The molecule has 0 saturated heterocycles. The van der Waals surface area contributed by atoms with Crippen LogP contribution in [0.15, 0.2) is 41.6 Å². The Labute approximate surface area is 176 Å². The Hall–Kier alpha value is -3.01. The standard InChI is InChI=1S/C20H28N4O5S/c1-5-10-29-16-7-6-14(11-17(16)30(27,28)24-19(26)21-4)12-18(25)23-20(2,3)15-8-9-22-13-15/h6-9,11,13,22H,5,10,12H2,1-4H3,(H,23,25)(H2,21,24,26). The number of carbonyl (C=O) groups is 2. The minimum absolute atomic E-state index is 0.0373. The molecule has 1 heterocycles. The summed E-state index contributed by atoms with van der Waals surface area (Å²) >= 11 is 0. The van der Waals surface area contributed by atoms with Crippen molar-refractivity contribution in [3.8, 4) is 5.75 Å². The molecule has 0 saturated carbocycles. The van der Waals surface area contributed by atoms with Crippen LogP contribution in [0, 0.1) is 0 Å². The van der Waals surface area contributed by atoms with Crippen LogP contribution < -0.4 is 20.1 Å². The smallest absolute Gasteiger partial charge is 0.328 e. The number of urea groups is 1. The van der Waals surface area contributed by atoms with Crippen LogP contribution in [-0.2, 0) is 26.8 Å². The molecular weight excluding hydrogens is 408 g/mol. The molecule has 164 valence electrons. The highest BCUT2D eigenvalue weighted by molar-refractivity contribution is 7.90. The van der Waals surface area contributed by atoms with E-state index >= 15 is 0 Å². The van der Waals surface area contributed by atoms with Crippen LogP contribution in [0.4, 0.5) is 4.79 Å². The van der Waals surface area contributed by atoms with E-state index in [1.54, 1.807) is 18.5 Å². The van der Waals surface area contributed by atoms with Gasteiger partial charge in [0.2, 0.25) is 5.91 Å². The van der Waals surface area contributed by atoms with E-state index in [0.717, 1.165) is 5.56 Å². The van der Waals surface area contributed by atoms with Crippen molar-refractivity contribution in [3.63, 3.8) is 0 Å². The number of hydrogen-bond acceptors (Lipinski definition) is 5. The number of ether oxygens (including phenoxy) is 1. The summed E-state index contributed by atoms with van der Waals surface area (Å²) < 4.78 is 32.7. The number of aromatic amines is 1. The molecule has 0 spiro atoms. The van der Waals surface area contributed by atoms with Gasteiger partial charge >= 0.3 is 6.03 Å². The summed E-state index contributed by atoms with van der Waals surface area (Å²) in [6, 6.07) is 5.47. The van der Waals surface area contributed by atoms with E-state index in [-0.39, 0.29) is 23.0 Å². The molecule has 2 aromatic rings. The lowest BCUT2D eigenvalue weighted by molar-refractivity contribution is -0.122. The molecule has 0 atom stereocenters. The second kappa shape index (κ2) is 9.66. The molecule has 3 amide bonds. The highest BCUT2D eigenvalue weighted by Crippen LogP contribution is 2.26. The SMILES string of the molecule is CCCOc1ccc(CC(=O)NC(C)(C)c2cc[nH]c2)cc1S(=O)(=O)NC(=O)NC. The Balaban J connectivity index is 2.26. The van der Waals surface area contributed by atoms with Crippen LogP contribution in [-0.4, -0.2) is 39.0 Å². The van der Waals surface area contributed by atoms with Crippen molar-refractivity contribution in [3.05, 3.63) is 47.8 Å². The Kier molecular flexibility index (Phi) is 7.49. The first-order valence-electron chi connectivity index (χ1n) is 9.53. The van der Waals surface area contributed by atoms with Crippen molar-refractivity contribution in [2.45, 2.75) is 44.0 Å². The van der Waals surface area contributed by atoms with Crippen molar-refractivity contribution in [2.24, 2.45) is 0 Å². The van der Waals surface area contributed by atoms with Gasteiger partial charge in [-0.05, 0) is 49.6 Å². The second-order valence-electron chi connectivity index (χ2n) is 7.26. The lowest BCUT2D eigenvalue weighted by Gasteiger charge is -2.25. The average Bonchev–Trinajstić information content (AvgIpc) is 3.22. The summed E-state index contributed by atoms with van der Waals surface area (Å²) in [6.07, 6.45) is 4.22. The number of benzene rings is 1. The zero-order valence-corrected chi connectivity index (χ0v) is 18.4. The highest BCUT2D eigenvalue weighted by Gasteiger charge is 2.25. The van der Waals surface area contributed by atoms with Crippen LogP contribution in [0.25, 0.3) is 0 Å². The number of amides is 3. The summed E-state index contributed by atoms with van der Waals surface area (Å²) in [5.74, 6) is -0.156. The van der Waals surface area contributed by atoms with E-state index < -0.39 is 21.6 Å². The molecule has 2 rings (SSSR count). The van der Waals surface area contributed by atoms with Crippen molar-refractivity contribution in [1.82, 2.24) is 20.3 Å². The molecule has 0 fully saturated rings. The Morgan fingerprint density at radius 3 is 2.53 bits per heavy atom. The Morgan fingerprint density at radius 2 is 1.93 bits per heavy atom. The maximum atomic E-state index is 12.7. The molecule has 30 heavy (non-hydrogen) atoms. The van der Waals surface area contributed by atoms with Gasteiger partial charge in [-0.1, -0.05) is 13.0 Å². The third-order valence-corrected chi connectivity index (χ3v) is 5.70. The predicted molar refractivity (Wildman–Crippen MR) is 113 cm³/mol. The van der Waals surface area contributed by atoms with E-state index in [9.17, 15) is 18.0 Å². The molecule has 0 aliphatic heterocycles. The third-order valence-electron chi connectivity index (χ3n) is 4.35. The highest BCUT2D eigenvalue weighted by atomic mass is 32.2. The molecule has 0 aliphatic rings. The maximum Gasteiger partial charge on any atom is 0.328 e. The number of carbonyl (C=O) groups excluding carboxylic acids is 2. The molecule has 4 N–H and O–H groups in total. The quantitative estimate of drug-likeness (QED) is 0.478. The fourth-order valence-corrected chi connectivity index (χ4v) is 3.95. The van der Waals surface area contributed by atoms with Gasteiger partial charge in [0.1, 0.15) is 10.6 Å². The summed E-state index contributed by atoms with van der Waals surface area (Å²) in [7, 11) is -2.87. The van der Waals surface area contributed by atoms with Gasteiger partial charge in [-0.15, -0.1) is 0 Å². The summed E-state index contributed by atoms with van der Waals surface area (Å²) in [6.45, 7) is 5.95. The zero-order chi connectivity index (χ0) is 22.4. The molecule has 1 aromatic heterocycles. The minimum Gasteiger partial charge on any atom is -0.492 e. The molecule has 0 bridgehead atoms. The van der Waals surface area contributed by atoms with E-state index in [0.29, 0.717) is 18.6 Å². The van der Waals surface area contributed by atoms with Crippen molar-refractivity contribution >= 4 is 22.0 Å². The van der Waals surface area contributed by atoms with Crippen molar-refractivity contribution in [2.75, 3.05) is 13.7 Å². The minimum atomic E-state index is -4.18. The van der Waals surface area contributed by atoms with Gasteiger partial charge in [0.15, 0.2) is 0 Å². The fraction of sp³-hybridized carbons (Fsp3) is 0.400. The van der Waals surface area contributed by atoms with Gasteiger partial charge < -0.3 is 20.4 Å². The molecular formula is C20H28N4O5S. The van der Waals surface area contributed by atoms with Crippen LogP contribution in [0.3, 0.4) is 0 Å². The zero-order valence-electron chi connectivity index (χ0n) is 17.5. The molecule has 9 nitrogen and oxygen atoms in total. The fourth-order valence-electron chi connectivity index (χ4n) is 2.79. The predicted octanol–water partition coefficient (Wildman–Crippen LogP) is 2.02. The van der Waals surface area contributed by atoms with Gasteiger partial charge in [-0.3, -0.25) is 4.79 Å². The number of H-pyrrole nitrogens is 1. The van der Waals surface area contributed by atoms with Crippen LogP contribution in [0.5, 0.6) is 5.75 Å². The van der Waals surface area contributed by atoms with Crippen LogP contribution in [0.2, 0.25) is 0 Å². The first-order chi connectivity index (χ1) is 14.1. The topological polar surface area (TPSA) is 129 Å². The molecule has 10 heteroatoms. The molecule has 0 unspecified atom stereocenters. The molecule has 1 aromatic carbocycles. The van der Waals surface area contributed by atoms with Crippen LogP contribution in [0.1, 0.15) is 38.3 Å². The van der Waals surface area contributed by atoms with Crippen molar-refractivity contribution < 1.29 is 22.7 Å². The maximum absolute atomic E-state index is 12.7. The summed E-state index contributed by atoms with van der Waals surface area (Å²) in [4.78, 5) is 26.9. The number of hydrogen-bond donors (Lipinski definition) is 4. The molecule has 0 radical (unpaired) electrons. The lowest BCUT2D eigenvalue weighted by atomic mass is 9.96. The Bertz CT molecular complexity index is 985. The third kappa shape index (κ3) is 5.99. The van der Waals surface area contributed by atoms with E-state index in [1.807, 2.05) is 31.6 Å². The average molecular weight is 437 g/mol. The van der Waals surface area contributed by atoms with E-state index in [2.05, 4.69) is 15.6 Å². The van der Waals surface area contributed by atoms with Crippen molar-refractivity contribution in [1.29, 1.82) is 0 Å². The largest absolute Gasteiger partial charge is 0.492 e. The summed E-state index contributed by atoms with van der Waals surface area (Å²) in [5.41, 5.74) is 0.785. The van der Waals surface area contributed by atoms with Gasteiger partial charge in [0.05, 0.1) is 18.6 Å². The monoisotopic (exact) mass is 436 g/mol. The Morgan fingerprint density at radius 1 is 1.20 bits per heavy atom. The van der Waals surface area contributed by atoms with E-state index in [1.165, 1.54) is 19.2 Å². The van der Waals surface area contributed by atoms with Gasteiger partial charge in [-0.2, -0.15) is 0 Å². The number of rotatable bonds is 9. The summed E-state index contributed by atoms with van der Waals surface area (Å²) in [5, 5.41) is 5.14. The molecule has 0 aliphatic carbocycles. The second-order valence-corrected chi connectivity index (χ2v) is 8.91.